The molecule has 3 unspecified atom stereocenters. The van der Waals surface area contributed by atoms with Gasteiger partial charge in [-0.05, 0) is 82.7 Å². The summed E-state index contributed by atoms with van der Waals surface area (Å²) >= 11 is 0. The van der Waals surface area contributed by atoms with Gasteiger partial charge in [0.15, 0.2) is 0 Å². The largest absolute Gasteiger partial charge is 0.316 e. The van der Waals surface area contributed by atoms with E-state index in [0.717, 1.165) is 17.5 Å². The van der Waals surface area contributed by atoms with Crippen LogP contribution in [0.25, 0.3) is 0 Å². The predicted molar refractivity (Wildman–Crippen MR) is 130 cm³/mol. The topological polar surface area (TPSA) is 24.1 Å². The van der Waals surface area contributed by atoms with Crippen molar-refractivity contribution in [3.05, 3.63) is 34.4 Å². The summed E-state index contributed by atoms with van der Waals surface area (Å²) < 4.78 is 0. The van der Waals surface area contributed by atoms with Crippen molar-refractivity contribution in [2.75, 3.05) is 26.2 Å². The molecule has 158 valence electrons. The summed E-state index contributed by atoms with van der Waals surface area (Å²) in [6.45, 7) is 19.3. The molecule has 3 atom stereocenters. The Morgan fingerprint density at radius 2 is 1.50 bits per heavy atom. The Labute approximate surface area is 177 Å². The van der Waals surface area contributed by atoms with Crippen LogP contribution in [0, 0.1) is 0 Å². The summed E-state index contributed by atoms with van der Waals surface area (Å²) in [5.41, 5.74) is 8.60. The Morgan fingerprint density at radius 1 is 0.929 bits per heavy atom. The molecule has 2 heterocycles. The molecule has 2 aliphatic heterocycles. The van der Waals surface area contributed by atoms with Gasteiger partial charge in [-0.2, -0.15) is 0 Å². The van der Waals surface area contributed by atoms with Crippen molar-refractivity contribution in [1.29, 1.82) is 0 Å². The zero-order valence-corrected chi connectivity index (χ0v) is 21.0. The molecule has 0 aliphatic carbocycles. The average molecular weight is 421 g/mol. The minimum atomic E-state index is -0.00699. The highest BCUT2D eigenvalue weighted by molar-refractivity contribution is 7.58. The van der Waals surface area contributed by atoms with Crippen LogP contribution in [0.15, 0.2) is 12.1 Å². The van der Waals surface area contributed by atoms with Gasteiger partial charge in [-0.1, -0.05) is 61.6 Å². The second kappa shape index (κ2) is 9.01. The lowest BCUT2D eigenvalue weighted by molar-refractivity contribution is 0.526. The van der Waals surface area contributed by atoms with E-state index in [9.17, 15) is 0 Å². The summed E-state index contributed by atoms with van der Waals surface area (Å²) in [6.07, 6.45) is 5.14. The van der Waals surface area contributed by atoms with Crippen LogP contribution in [0.5, 0.6) is 0 Å². The third kappa shape index (κ3) is 5.00. The van der Waals surface area contributed by atoms with Gasteiger partial charge in [-0.15, -0.1) is 9.24 Å². The number of benzene rings is 1. The SMILES string of the molecule is CC(C)(C)c1ccc(CP)c(CP(C2CCNC2)C2CCNC2)c1C(C)(C)C. The molecule has 0 saturated carbocycles. The molecule has 4 heteroatoms. The molecule has 2 N–H and O–H groups in total. The van der Waals surface area contributed by atoms with Crippen LogP contribution in [0.3, 0.4) is 0 Å². The highest BCUT2D eigenvalue weighted by Gasteiger charge is 2.36. The average Bonchev–Trinajstić information content (AvgIpc) is 3.31. The summed E-state index contributed by atoms with van der Waals surface area (Å²) in [6, 6.07) is 4.87. The molecule has 0 bridgehead atoms. The van der Waals surface area contributed by atoms with E-state index in [-0.39, 0.29) is 18.8 Å². The van der Waals surface area contributed by atoms with Gasteiger partial charge < -0.3 is 10.6 Å². The molecule has 2 fully saturated rings. The van der Waals surface area contributed by atoms with E-state index in [2.05, 4.69) is 73.5 Å². The van der Waals surface area contributed by atoms with Gasteiger partial charge >= 0.3 is 0 Å². The maximum atomic E-state index is 3.66. The summed E-state index contributed by atoms with van der Waals surface area (Å²) in [5.74, 6) is 0. The zero-order chi connectivity index (χ0) is 20.5. The molecule has 2 saturated heterocycles. The third-order valence-corrected chi connectivity index (χ3v) is 10.4. The predicted octanol–water partition coefficient (Wildman–Crippen LogP) is 5.36. The van der Waals surface area contributed by atoms with Gasteiger partial charge in [-0.3, -0.25) is 0 Å². The van der Waals surface area contributed by atoms with E-state index in [1.807, 2.05) is 0 Å². The second-order valence-corrected chi connectivity index (χ2v) is 14.0. The molecule has 1 aromatic carbocycles. The van der Waals surface area contributed by atoms with Crippen molar-refractivity contribution in [2.24, 2.45) is 0 Å². The van der Waals surface area contributed by atoms with E-state index in [0.29, 0.717) is 0 Å². The van der Waals surface area contributed by atoms with Crippen LogP contribution in [0.1, 0.15) is 76.6 Å². The quantitative estimate of drug-likeness (QED) is 0.627. The van der Waals surface area contributed by atoms with Crippen LogP contribution < -0.4 is 10.6 Å². The van der Waals surface area contributed by atoms with E-state index in [4.69, 9.17) is 0 Å². The van der Waals surface area contributed by atoms with Gasteiger partial charge in [0.2, 0.25) is 0 Å². The molecule has 28 heavy (non-hydrogen) atoms. The van der Waals surface area contributed by atoms with Gasteiger partial charge in [0.1, 0.15) is 0 Å². The van der Waals surface area contributed by atoms with Gasteiger partial charge in [-0.25, -0.2) is 0 Å². The lowest BCUT2D eigenvalue weighted by atomic mass is 9.72. The summed E-state index contributed by atoms with van der Waals surface area (Å²) in [7, 11) is 3.00. The number of rotatable bonds is 5. The van der Waals surface area contributed by atoms with Gasteiger partial charge in [0.05, 0.1) is 0 Å². The molecule has 2 aliphatic rings. The van der Waals surface area contributed by atoms with Crippen molar-refractivity contribution >= 4 is 17.2 Å². The minimum Gasteiger partial charge on any atom is -0.316 e. The van der Waals surface area contributed by atoms with Crippen molar-refractivity contribution in [2.45, 2.75) is 88.9 Å². The van der Waals surface area contributed by atoms with Crippen LogP contribution in [-0.2, 0) is 23.2 Å². The number of nitrogens with one attached hydrogen (secondary N) is 2. The van der Waals surface area contributed by atoms with Gasteiger partial charge in [0, 0.05) is 13.1 Å². The lowest BCUT2D eigenvalue weighted by Crippen LogP contribution is -2.26. The highest BCUT2D eigenvalue weighted by Crippen LogP contribution is 2.55. The zero-order valence-electron chi connectivity index (χ0n) is 19.0. The first-order valence-electron chi connectivity index (χ1n) is 11.2. The Hall–Kier alpha value is -0.0000000000000000555. The molecular formula is C24H42N2P2. The van der Waals surface area contributed by atoms with E-state index >= 15 is 0 Å². The Bertz CT molecular complexity index is 644. The maximum absolute atomic E-state index is 3.66. The molecule has 1 aromatic rings. The second-order valence-electron chi connectivity index (χ2n) is 10.8. The van der Waals surface area contributed by atoms with Crippen molar-refractivity contribution in [3.63, 3.8) is 0 Å². The first-order valence-corrected chi connectivity index (χ1v) is 13.6. The molecule has 0 spiro atoms. The first kappa shape index (κ1) is 22.7. The molecule has 3 rings (SSSR count). The van der Waals surface area contributed by atoms with Crippen molar-refractivity contribution in [3.8, 4) is 0 Å². The number of hydrogen-bond donors (Lipinski definition) is 2. The molecule has 2 nitrogen and oxygen atoms in total. The highest BCUT2D eigenvalue weighted by atomic mass is 31.1. The number of hydrogen-bond acceptors (Lipinski definition) is 2. The smallest absolute Gasteiger partial charge is 0.00196 e. The maximum Gasteiger partial charge on any atom is 0.00196 e. The fraction of sp³-hybridized carbons (Fsp3) is 0.750. The van der Waals surface area contributed by atoms with Crippen LogP contribution in [-0.4, -0.2) is 37.5 Å². The molecule has 0 radical (unpaired) electrons. The summed E-state index contributed by atoms with van der Waals surface area (Å²) in [4.78, 5) is 0. The van der Waals surface area contributed by atoms with Crippen LogP contribution in [0.2, 0.25) is 0 Å². The normalized spacial score (nSPS) is 24.7. The Kier molecular flexibility index (Phi) is 7.30. The monoisotopic (exact) mass is 420 g/mol. The lowest BCUT2D eigenvalue weighted by Gasteiger charge is -2.37. The van der Waals surface area contributed by atoms with Crippen molar-refractivity contribution in [1.82, 2.24) is 10.6 Å². The van der Waals surface area contributed by atoms with Crippen molar-refractivity contribution < 1.29 is 0 Å². The standard InChI is InChI=1S/C24H42N2P2/c1-23(2,3)21-8-7-17(15-27)20(22(21)24(4,5)6)16-28(18-9-11-25-13-18)19-10-12-26-14-19/h7-8,18-19,25-26H,9-16,27H2,1-6H3. The third-order valence-electron chi connectivity index (χ3n) is 6.54. The van der Waals surface area contributed by atoms with E-state index in [1.54, 1.807) is 22.3 Å². The summed E-state index contributed by atoms with van der Waals surface area (Å²) in [5, 5.41) is 7.33. The fourth-order valence-electron chi connectivity index (χ4n) is 5.13. The van der Waals surface area contributed by atoms with E-state index in [1.165, 1.54) is 45.2 Å². The Balaban J connectivity index is 2.09. The fourth-order valence-corrected chi connectivity index (χ4v) is 9.00. The molecule has 0 amide bonds. The Morgan fingerprint density at radius 3 is 1.89 bits per heavy atom. The van der Waals surface area contributed by atoms with Crippen LogP contribution in [0.4, 0.5) is 0 Å². The van der Waals surface area contributed by atoms with E-state index < -0.39 is 0 Å². The minimum absolute atomic E-state index is 0.00699. The van der Waals surface area contributed by atoms with Crippen LogP contribution >= 0.6 is 17.2 Å². The molecular weight excluding hydrogens is 378 g/mol. The van der Waals surface area contributed by atoms with Gasteiger partial charge in [0.25, 0.3) is 0 Å². The molecule has 0 aromatic heterocycles. The first-order chi connectivity index (χ1) is 13.1.